The SMILES string of the molecule is COc1cc2c(cc1OC)Cc1cc(OC)c(OC)cc1Cc1cc(OC)c(OC)cc1Cc1cc(OC)c(OC)cc1C2. The normalized spacial score (nSPS) is 12.2. The van der Waals surface area contributed by atoms with Crippen LogP contribution in [-0.2, 0) is 25.7 Å². The van der Waals surface area contributed by atoms with Gasteiger partial charge in [-0.3, -0.25) is 0 Å². The number of methoxy groups -OCH3 is 8. The summed E-state index contributed by atoms with van der Waals surface area (Å²) in [5.41, 5.74) is 8.93. The topological polar surface area (TPSA) is 73.8 Å². The van der Waals surface area contributed by atoms with Crippen molar-refractivity contribution < 1.29 is 37.9 Å². The summed E-state index contributed by atoms with van der Waals surface area (Å²) in [6.07, 6.45) is 2.54. The summed E-state index contributed by atoms with van der Waals surface area (Å²) < 4.78 is 45.9. The fourth-order valence-electron chi connectivity index (χ4n) is 5.99. The lowest BCUT2D eigenvalue weighted by Crippen LogP contribution is -2.09. The zero-order valence-electron chi connectivity index (χ0n) is 26.7. The van der Waals surface area contributed by atoms with Crippen LogP contribution >= 0.6 is 0 Å². The smallest absolute Gasteiger partial charge is 0.161 e. The van der Waals surface area contributed by atoms with Crippen molar-refractivity contribution in [1.82, 2.24) is 0 Å². The van der Waals surface area contributed by atoms with Crippen LogP contribution in [0.2, 0.25) is 0 Å². The predicted octanol–water partition coefficient (Wildman–Crippen LogP) is 6.43. The number of benzene rings is 4. The summed E-state index contributed by atoms with van der Waals surface area (Å²) in [5.74, 6) is 5.41. The molecule has 8 heteroatoms. The van der Waals surface area contributed by atoms with Gasteiger partial charge in [0, 0.05) is 0 Å². The Labute approximate surface area is 259 Å². The molecule has 0 N–H and O–H groups in total. The maximum Gasteiger partial charge on any atom is 0.161 e. The van der Waals surface area contributed by atoms with Crippen LogP contribution in [0, 0.1) is 0 Å². The Balaban J connectivity index is 1.83. The zero-order chi connectivity index (χ0) is 31.4. The van der Waals surface area contributed by atoms with Crippen molar-refractivity contribution in [2.75, 3.05) is 56.9 Å². The van der Waals surface area contributed by atoms with Crippen LogP contribution in [0.15, 0.2) is 48.5 Å². The van der Waals surface area contributed by atoms with Gasteiger partial charge in [-0.2, -0.15) is 0 Å². The van der Waals surface area contributed by atoms with E-state index in [0.29, 0.717) is 71.7 Å². The zero-order valence-corrected chi connectivity index (χ0v) is 26.7. The van der Waals surface area contributed by atoms with E-state index in [1.807, 2.05) is 0 Å². The lowest BCUT2D eigenvalue weighted by atomic mass is 9.85. The molecule has 4 aromatic carbocycles. The molecule has 0 aliphatic heterocycles. The number of ether oxygens (including phenoxy) is 8. The highest BCUT2D eigenvalue weighted by Crippen LogP contribution is 2.41. The van der Waals surface area contributed by atoms with E-state index in [1.54, 1.807) is 56.9 Å². The van der Waals surface area contributed by atoms with E-state index >= 15 is 0 Å². The summed E-state index contributed by atoms with van der Waals surface area (Å²) in [5, 5.41) is 0. The summed E-state index contributed by atoms with van der Waals surface area (Å²) in [6.45, 7) is 0. The van der Waals surface area contributed by atoms with Crippen LogP contribution in [0.25, 0.3) is 0 Å². The minimum Gasteiger partial charge on any atom is -0.493 e. The van der Waals surface area contributed by atoms with Gasteiger partial charge >= 0.3 is 0 Å². The number of hydrogen-bond donors (Lipinski definition) is 0. The van der Waals surface area contributed by atoms with E-state index in [1.165, 1.54) is 0 Å². The van der Waals surface area contributed by atoms with Crippen LogP contribution in [0.4, 0.5) is 0 Å². The van der Waals surface area contributed by atoms with Crippen molar-refractivity contribution in [2.45, 2.75) is 25.7 Å². The van der Waals surface area contributed by atoms with Crippen molar-refractivity contribution in [2.24, 2.45) is 0 Å². The molecule has 5 rings (SSSR count). The molecule has 0 amide bonds. The van der Waals surface area contributed by atoms with E-state index < -0.39 is 0 Å². The molecular formula is C36H40O8. The fourth-order valence-corrected chi connectivity index (χ4v) is 5.99. The van der Waals surface area contributed by atoms with Crippen molar-refractivity contribution >= 4 is 0 Å². The van der Waals surface area contributed by atoms with E-state index in [0.717, 1.165) is 44.5 Å². The lowest BCUT2D eigenvalue weighted by molar-refractivity contribution is 0.353. The molecule has 0 fully saturated rings. The summed E-state index contributed by atoms with van der Waals surface area (Å²) >= 11 is 0. The van der Waals surface area contributed by atoms with Crippen molar-refractivity contribution in [1.29, 1.82) is 0 Å². The van der Waals surface area contributed by atoms with E-state index in [4.69, 9.17) is 37.9 Å². The first kappa shape index (κ1) is 30.7. The Morgan fingerprint density at radius 3 is 0.455 bits per heavy atom. The molecular weight excluding hydrogens is 560 g/mol. The number of fused-ring (bicyclic) bond motifs is 4. The Bertz CT molecular complexity index is 1300. The van der Waals surface area contributed by atoms with Crippen LogP contribution in [-0.4, -0.2) is 56.9 Å². The van der Waals surface area contributed by atoms with E-state index in [9.17, 15) is 0 Å². The van der Waals surface area contributed by atoms with Crippen molar-refractivity contribution in [3.05, 3.63) is 93.0 Å². The minimum absolute atomic E-state index is 0.636. The van der Waals surface area contributed by atoms with Gasteiger partial charge in [0.15, 0.2) is 46.0 Å². The lowest BCUT2D eigenvalue weighted by Gasteiger charge is -2.23. The molecule has 1 aliphatic carbocycles. The first-order valence-corrected chi connectivity index (χ1v) is 14.3. The van der Waals surface area contributed by atoms with Crippen LogP contribution in [0.3, 0.4) is 0 Å². The monoisotopic (exact) mass is 600 g/mol. The third-order valence-electron chi connectivity index (χ3n) is 8.35. The Morgan fingerprint density at radius 2 is 0.364 bits per heavy atom. The van der Waals surface area contributed by atoms with Gasteiger partial charge in [0.2, 0.25) is 0 Å². The molecule has 0 bridgehead atoms. The Morgan fingerprint density at radius 1 is 0.250 bits per heavy atom. The van der Waals surface area contributed by atoms with Gasteiger partial charge in [0.1, 0.15) is 0 Å². The maximum atomic E-state index is 5.74. The molecule has 0 spiro atoms. The standard InChI is InChI=1S/C36H40O8/c1-37-29-13-21-9-23-15-31(39-3)33(41-5)17-25(23)11-27-19-35(43-7)36(44-8)20-28(27)12-26-18-34(42-6)32(40-4)16-24(26)10-22(21)14-30(29)38-2/h13-20H,9-12H2,1-8H3. The van der Waals surface area contributed by atoms with Gasteiger partial charge in [-0.15, -0.1) is 0 Å². The van der Waals surface area contributed by atoms with Gasteiger partial charge in [-0.1, -0.05) is 0 Å². The quantitative estimate of drug-likeness (QED) is 0.202. The molecule has 0 unspecified atom stereocenters. The summed E-state index contributed by atoms with van der Waals surface area (Å²) in [7, 11) is 13.3. The highest BCUT2D eigenvalue weighted by molar-refractivity contribution is 5.58. The highest BCUT2D eigenvalue weighted by Gasteiger charge is 2.22. The number of rotatable bonds is 8. The molecule has 0 saturated heterocycles. The third kappa shape index (κ3) is 5.89. The average molecular weight is 601 g/mol. The summed E-state index contributed by atoms with van der Waals surface area (Å²) in [6, 6.07) is 16.6. The molecule has 1 aliphatic rings. The average Bonchev–Trinajstić information content (AvgIpc) is 3.05. The maximum absolute atomic E-state index is 5.74. The molecule has 0 atom stereocenters. The van der Waals surface area contributed by atoms with E-state index in [-0.39, 0.29) is 0 Å². The fraction of sp³-hybridized carbons (Fsp3) is 0.333. The third-order valence-corrected chi connectivity index (χ3v) is 8.35. The molecule has 4 aromatic rings. The van der Waals surface area contributed by atoms with Crippen LogP contribution in [0.1, 0.15) is 44.5 Å². The molecule has 0 aromatic heterocycles. The van der Waals surface area contributed by atoms with Gasteiger partial charge in [0.05, 0.1) is 56.9 Å². The van der Waals surface area contributed by atoms with Gasteiger partial charge < -0.3 is 37.9 Å². The molecule has 232 valence electrons. The van der Waals surface area contributed by atoms with Gasteiger partial charge in [-0.25, -0.2) is 0 Å². The molecule has 0 saturated carbocycles. The second-order valence-electron chi connectivity index (χ2n) is 10.6. The summed E-state index contributed by atoms with van der Waals surface area (Å²) in [4.78, 5) is 0. The van der Waals surface area contributed by atoms with Gasteiger partial charge in [0.25, 0.3) is 0 Å². The van der Waals surface area contributed by atoms with Gasteiger partial charge in [-0.05, 0) is 119 Å². The largest absolute Gasteiger partial charge is 0.493 e. The highest BCUT2D eigenvalue weighted by atomic mass is 16.5. The second-order valence-corrected chi connectivity index (χ2v) is 10.6. The van der Waals surface area contributed by atoms with E-state index in [2.05, 4.69) is 48.5 Å². The first-order chi connectivity index (χ1) is 21.4. The van der Waals surface area contributed by atoms with Crippen LogP contribution in [0.5, 0.6) is 46.0 Å². The van der Waals surface area contributed by atoms with Crippen molar-refractivity contribution in [3.8, 4) is 46.0 Å². The Hall–Kier alpha value is -4.72. The molecule has 0 heterocycles. The van der Waals surface area contributed by atoms with Crippen LogP contribution < -0.4 is 37.9 Å². The minimum atomic E-state index is 0.636. The molecule has 8 nitrogen and oxygen atoms in total. The first-order valence-electron chi connectivity index (χ1n) is 14.3. The second kappa shape index (κ2) is 13.3. The molecule has 0 radical (unpaired) electrons. The van der Waals surface area contributed by atoms with Crippen molar-refractivity contribution in [3.63, 3.8) is 0 Å². The molecule has 44 heavy (non-hydrogen) atoms. The Kier molecular flexibility index (Phi) is 9.28. The number of hydrogen-bond acceptors (Lipinski definition) is 8. The predicted molar refractivity (Wildman–Crippen MR) is 169 cm³/mol.